The summed E-state index contributed by atoms with van der Waals surface area (Å²) in [7, 11) is 0. The number of rotatable bonds is 5. The Labute approximate surface area is 107 Å². The summed E-state index contributed by atoms with van der Waals surface area (Å²) in [6.45, 7) is 4.60. The summed E-state index contributed by atoms with van der Waals surface area (Å²) in [6.07, 6.45) is 1.17. The van der Waals surface area contributed by atoms with Crippen LogP contribution in [0.2, 0.25) is 0 Å². The minimum absolute atomic E-state index is 0.352. The molecule has 0 unspecified atom stereocenters. The van der Waals surface area contributed by atoms with E-state index in [2.05, 4.69) is 63.2 Å². The van der Waals surface area contributed by atoms with E-state index in [0.29, 0.717) is 11.3 Å². The third-order valence-corrected chi connectivity index (χ3v) is 5.97. The maximum atomic E-state index is 3.65. The van der Waals surface area contributed by atoms with Gasteiger partial charge >= 0.3 is 0 Å². The van der Waals surface area contributed by atoms with Crippen molar-refractivity contribution in [1.82, 2.24) is 0 Å². The molecule has 0 saturated heterocycles. The van der Waals surface area contributed by atoms with Gasteiger partial charge in [-0.25, -0.2) is 0 Å². The molecule has 14 heavy (non-hydrogen) atoms. The van der Waals surface area contributed by atoms with Gasteiger partial charge in [0.15, 0.2) is 0 Å². The van der Waals surface area contributed by atoms with Gasteiger partial charge in [-0.3, -0.25) is 0 Å². The average Bonchev–Trinajstić information content (AvgIpc) is 2.66. The molecule has 0 amide bonds. The molecular formula is C11H16Br2S. The largest absolute Gasteiger partial charge is 0.149 e. The van der Waals surface area contributed by atoms with Crippen LogP contribution in [0.5, 0.6) is 0 Å². The molecule has 0 N–H and O–H groups in total. The lowest BCUT2D eigenvalue weighted by Gasteiger charge is -2.34. The van der Waals surface area contributed by atoms with Gasteiger partial charge < -0.3 is 0 Å². The average molecular weight is 340 g/mol. The topological polar surface area (TPSA) is 0 Å². The smallest absolute Gasteiger partial charge is 0.0102 e. The molecule has 0 aliphatic rings. The van der Waals surface area contributed by atoms with Crippen LogP contribution in [0.1, 0.15) is 18.7 Å². The molecule has 0 aliphatic heterocycles. The summed E-state index contributed by atoms with van der Waals surface area (Å²) in [5.74, 6) is 0.684. The van der Waals surface area contributed by atoms with Crippen molar-refractivity contribution in [2.75, 3.05) is 10.7 Å². The molecule has 0 bridgehead atoms. The number of hydrogen-bond acceptors (Lipinski definition) is 1. The molecule has 0 aliphatic carbocycles. The lowest BCUT2D eigenvalue weighted by molar-refractivity contribution is 0.269. The molecule has 80 valence electrons. The van der Waals surface area contributed by atoms with Crippen LogP contribution in [0.4, 0.5) is 0 Å². The summed E-state index contributed by atoms with van der Waals surface area (Å²) in [5, 5.41) is 4.27. The fraction of sp³-hybridized carbons (Fsp3) is 0.636. The van der Waals surface area contributed by atoms with Crippen molar-refractivity contribution in [2.45, 2.75) is 20.3 Å². The van der Waals surface area contributed by atoms with Gasteiger partial charge in [-0.2, -0.15) is 0 Å². The van der Waals surface area contributed by atoms with E-state index in [9.17, 15) is 0 Å². The van der Waals surface area contributed by atoms with E-state index in [1.54, 1.807) is 0 Å². The number of thiophene rings is 1. The van der Waals surface area contributed by atoms with Crippen molar-refractivity contribution in [2.24, 2.45) is 11.3 Å². The van der Waals surface area contributed by atoms with Crippen molar-refractivity contribution in [1.29, 1.82) is 0 Å². The van der Waals surface area contributed by atoms with Gasteiger partial charge in [-0.1, -0.05) is 51.8 Å². The van der Waals surface area contributed by atoms with Crippen molar-refractivity contribution < 1.29 is 0 Å². The highest BCUT2D eigenvalue weighted by Gasteiger charge is 2.32. The van der Waals surface area contributed by atoms with Gasteiger partial charge in [0.2, 0.25) is 0 Å². The van der Waals surface area contributed by atoms with Crippen LogP contribution in [0, 0.1) is 11.3 Å². The molecular weight excluding hydrogens is 324 g/mol. The molecule has 0 aromatic carbocycles. The first kappa shape index (κ1) is 12.7. The number of hydrogen-bond donors (Lipinski definition) is 0. The Bertz CT molecular complexity index is 250. The Hall–Kier alpha value is 0.660. The van der Waals surface area contributed by atoms with Crippen LogP contribution < -0.4 is 0 Å². The van der Waals surface area contributed by atoms with E-state index < -0.39 is 0 Å². The zero-order chi connectivity index (χ0) is 10.6. The predicted octanol–water partition coefficient (Wildman–Crippen LogP) is 4.72. The van der Waals surface area contributed by atoms with Crippen LogP contribution in [0.3, 0.4) is 0 Å². The highest BCUT2D eigenvalue weighted by atomic mass is 79.9. The molecule has 0 radical (unpaired) electrons. The van der Waals surface area contributed by atoms with Gasteiger partial charge in [-0.15, -0.1) is 11.3 Å². The first-order chi connectivity index (χ1) is 6.64. The van der Waals surface area contributed by atoms with Crippen molar-refractivity contribution in [3.8, 4) is 0 Å². The monoisotopic (exact) mass is 338 g/mol. The molecule has 0 atom stereocenters. The van der Waals surface area contributed by atoms with Gasteiger partial charge in [0.05, 0.1) is 0 Å². The van der Waals surface area contributed by atoms with E-state index in [1.165, 1.54) is 11.3 Å². The minimum atomic E-state index is 0.352. The zero-order valence-corrected chi connectivity index (χ0v) is 12.6. The normalized spacial score (nSPS) is 12.4. The van der Waals surface area contributed by atoms with Crippen molar-refractivity contribution in [3.05, 3.63) is 22.4 Å². The second kappa shape index (κ2) is 5.66. The van der Waals surface area contributed by atoms with E-state index >= 15 is 0 Å². The first-order valence-corrected chi connectivity index (χ1v) is 7.91. The highest BCUT2D eigenvalue weighted by molar-refractivity contribution is 9.09. The van der Waals surface area contributed by atoms with E-state index in [4.69, 9.17) is 0 Å². The first-order valence-electron chi connectivity index (χ1n) is 4.79. The molecule has 1 aromatic rings. The standard InChI is InChI=1S/C11H16Br2S/c1-9(2)11(7-12,8-13)6-10-4-3-5-14-10/h3-5,9H,6-8H2,1-2H3. The molecule has 1 heterocycles. The second-order valence-electron chi connectivity index (χ2n) is 4.04. The SMILES string of the molecule is CC(C)C(CBr)(CBr)Cc1cccs1. The Kier molecular flexibility index (Phi) is 5.15. The maximum absolute atomic E-state index is 3.65. The molecule has 1 aromatic heterocycles. The van der Waals surface area contributed by atoms with Crippen LogP contribution in [-0.2, 0) is 6.42 Å². The zero-order valence-electron chi connectivity index (χ0n) is 8.59. The second-order valence-corrected chi connectivity index (χ2v) is 6.19. The predicted molar refractivity (Wildman–Crippen MR) is 72.9 cm³/mol. The van der Waals surface area contributed by atoms with Crippen LogP contribution in [0.15, 0.2) is 17.5 Å². The highest BCUT2D eigenvalue weighted by Crippen LogP contribution is 2.36. The van der Waals surface area contributed by atoms with Crippen molar-refractivity contribution in [3.63, 3.8) is 0 Å². The molecule has 3 heteroatoms. The van der Waals surface area contributed by atoms with E-state index in [1.807, 2.05) is 11.3 Å². The number of halogens is 2. The minimum Gasteiger partial charge on any atom is -0.149 e. The molecule has 0 nitrogen and oxygen atoms in total. The Balaban J connectivity index is 2.78. The van der Waals surface area contributed by atoms with Crippen LogP contribution in [0.25, 0.3) is 0 Å². The van der Waals surface area contributed by atoms with E-state index in [-0.39, 0.29) is 0 Å². The summed E-state index contributed by atoms with van der Waals surface area (Å²) >= 11 is 9.16. The van der Waals surface area contributed by atoms with Gasteiger partial charge in [0.25, 0.3) is 0 Å². The molecule has 0 saturated carbocycles. The van der Waals surface area contributed by atoms with Crippen LogP contribution >= 0.6 is 43.2 Å². The lowest BCUT2D eigenvalue weighted by Crippen LogP contribution is -2.33. The third kappa shape index (κ3) is 2.83. The molecule has 1 rings (SSSR count). The number of alkyl halides is 2. The summed E-state index contributed by atoms with van der Waals surface area (Å²) in [6, 6.07) is 4.36. The molecule has 0 spiro atoms. The summed E-state index contributed by atoms with van der Waals surface area (Å²) < 4.78 is 0. The molecule has 0 fully saturated rings. The lowest BCUT2D eigenvalue weighted by atomic mass is 9.78. The Morgan fingerprint density at radius 3 is 2.36 bits per heavy atom. The Morgan fingerprint density at radius 1 is 1.36 bits per heavy atom. The van der Waals surface area contributed by atoms with Gasteiger partial charge in [0, 0.05) is 15.5 Å². The van der Waals surface area contributed by atoms with Crippen LogP contribution in [-0.4, -0.2) is 10.7 Å². The van der Waals surface area contributed by atoms with E-state index in [0.717, 1.165) is 10.7 Å². The Morgan fingerprint density at radius 2 is 2.00 bits per heavy atom. The van der Waals surface area contributed by atoms with Gasteiger partial charge in [0.1, 0.15) is 0 Å². The summed E-state index contributed by atoms with van der Waals surface area (Å²) in [5.41, 5.74) is 0.352. The third-order valence-electron chi connectivity index (χ3n) is 2.86. The fourth-order valence-electron chi connectivity index (χ4n) is 1.40. The fourth-order valence-corrected chi connectivity index (χ4v) is 4.88. The quantitative estimate of drug-likeness (QED) is 0.681. The maximum Gasteiger partial charge on any atom is 0.0102 e. The van der Waals surface area contributed by atoms with Gasteiger partial charge in [-0.05, 0) is 29.2 Å². The summed E-state index contributed by atoms with van der Waals surface area (Å²) in [4.78, 5) is 1.48. The van der Waals surface area contributed by atoms with Crippen molar-refractivity contribution >= 4 is 43.2 Å².